The summed E-state index contributed by atoms with van der Waals surface area (Å²) < 4.78 is 40.2. The molecule has 0 saturated heterocycles. The van der Waals surface area contributed by atoms with Crippen LogP contribution in [0.15, 0.2) is 72.8 Å². The van der Waals surface area contributed by atoms with Crippen LogP contribution in [0.3, 0.4) is 0 Å². The van der Waals surface area contributed by atoms with Crippen molar-refractivity contribution in [1.82, 2.24) is 5.32 Å². The van der Waals surface area contributed by atoms with Crippen molar-refractivity contribution >= 4 is 5.91 Å². The summed E-state index contributed by atoms with van der Waals surface area (Å²) in [7, 11) is 0. The molecule has 0 heterocycles. The van der Waals surface area contributed by atoms with E-state index in [1.165, 1.54) is 0 Å². The zero-order valence-electron chi connectivity index (χ0n) is 21.9. The summed E-state index contributed by atoms with van der Waals surface area (Å²) in [5.41, 5.74) is 3.01. The Kier molecular flexibility index (Phi) is 6.67. The fourth-order valence-corrected chi connectivity index (χ4v) is 7.20. The van der Waals surface area contributed by atoms with Crippen LogP contribution < -0.4 is 5.32 Å². The lowest BCUT2D eigenvalue weighted by Gasteiger charge is -2.60. The number of alkyl halides is 3. The third kappa shape index (κ3) is 4.75. The molecule has 200 valence electrons. The minimum absolute atomic E-state index is 0.0646. The molecule has 1 unspecified atom stereocenters. The van der Waals surface area contributed by atoms with Crippen LogP contribution in [-0.4, -0.2) is 22.8 Å². The largest absolute Gasteiger partial charge is 0.391 e. The summed E-state index contributed by atoms with van der Waals surface area (Å²) in [5, 5.41) is 14.2. The van der Waals surface area contributed by atoms with Crippen LogP contribution in [0.5, 0.6) is 0 Å². The van der Waals surface area contributed by atoms with Crippen LogP contribution in [0.25, 0.3) is 0 Å². The Morgan fingerprint density at radius 2 is 1.68 bits per heavy atom. The number of rotatable bonds is 5. The first kappa shape index (κ1) is 26.5. The van der Waals surface area contributed by atoms with Gasteiger partial charge in [0.1, 0.15) is 0 Å². The maximum Gasteiger partial charge on any atom is 0.391 e. The molecule has 6 heteroatoms. The second-order valence-corrected chi connectivity index (χ2v) is 11.5. The first-order valence-corrected chi connectivity index (χ1v) is 13.3. The van der Waals surface area contributed by atoms with E-state index in [9.17, 15) is 23.1 Å². The van der Waals surface area contributed by atoms with E-state index in [0.29, 0.717) is 31.4 Å². The molecule has 0 spiro atoms. The fourth-order valence-electron chi connectivity index (χ4n) is 7.20. The van der Waals surface area contributed by atoms with E-state index in [-0.39, 0.29) is 18.7 Å². The quantitative estimate of drug-likeness (QED) is 0.379. The highest BCUT2D eigenvalue weighted by atomic mass is 19.4. The predicted molar refractivity (Wildman–Crippen MR) is 142 cm³/mol. The second kappa shape index (κ2) is 9.57. The van der Waals surface area contributed by atoms with Crippen molar-refractivity contribution in [3.63, 3.8) is 0 Å². The van der Waals surface area contributed by atoms with Crippen molar-refractivity contribution in [2.24, 2.45) is 5.41 Å². The molecular weight excluding hydrogens is 487 g/mol. The molecule has 3 atom stereocenters. The Morgan fingerprint density at radius 1 is 0.974 bits per heavy atom. The van der Waals surface area contributed by atoms with Gasteiger partial charge in [0.15, 0.2) is 0 Å². The van der Waals surface area contributed by atoms with Crippen LogP contribution in [0.1, 0.15) is 77.2 Å². The Hall–Kier alpha value is -3.12. The SMILES string of the molecule is Cc1ccccc1CNC(=O)c1ccc2c(c1)CC[C@]1(C)C[C@@](O)(CC(F)(F)F)CCC21c1ccccc1. The summed E-state index contributed by atoms with van der Waals surface area (Å²) in [6.07, 6.45) is -3.80. The minimum Gasteiger partial charge on any atom is -0.390 e. The molecule has 1 fully saturated rings. The van der Waals surface area contributed by atoms with Crippen molar-refractivity contribution in [1.29, 1.82) is 0 Å². The van der Waals surface area contributed by atoms with E-state index in [1.807, 2.05) is 86.6 Å². The van der Waals surface area contributed by atoms with Gasteiger partial charge >= 0.3 is 6.18 Å². The van der Waals surface area contributed by atoms with E-state index < -0.39 is 29.0 Å². The predicted octanol–water partition coefficient (Wildman–Crippen LogP) is 7.03. The summed E-state index contributed by atoms with van der Waals surface area (Å²) in [6.45, 7) is 4.49. The molecule has 2 aliphatic carbocycles. The molecular formula is C32H34F3NO2. The average Bonchev–Trinajstić information content (AvgIpc) is 2.86. The van der Waals surface area contributed by atoms with E-state index in [1.54, 1.807) is 0 Å². The highest BCUT2D eigenvalue weighted by Crippen LogP contribution is 2.63. The number of nitrogens with one attached hydrogen (secondary N) is 1. The van der Waals surface area contributed by atoms with Crippen LogP contribution in [0.2, 0.25) is 0 Å². The van der Waals surface area contributed by atoms with Gasteiger partial charge in [-0.1, -0.05) is 67.6 Å². The molecule has 3 nitrogen and oxygen atoms in total. The number of halogens is 3. The van der Waals surface area contributed by atoms with Crippen LogP contribution in [-0.2, 0) is 18.4 Å². The Labute approximate surface area is 222 Å². The van der Waals surface area contributed by atoms with Gasteiger partial charge in [0.2, 0.25) is 0 Å². The van der Waals surface area contributed by atoms with Crippen LogP contribution in [0.4, 0.5) is 13.2 Å². The summed E-state index contributed by atoms with van der Waals surface area (Å²) in [6, 6.07) is 23.7. The van der Waals surface area contributed by atoms with Crippen LogP contribution in [0, 0.1) is 12.3 Å². The molecule has 38 heavy (non-hydrogen) atoms. The molecule has 1 saturated carbocycles. The van der Waals surface area contributed by atoms with Crippen molar-refractivity contribution in [2.45, 2.75) is 76.1 Å². The first-order valence-electron chi connectivity index (χ1n) is 13.3. The minimum atomic E-state index is -4.43. The topological polar surface area (TPSA) is 49.3 Å². The number of carbonyl (C=O) groups is 1. The molecule has 1 amide bonds. The average molecular weight is 522 g/mol. The number of aliphatic hydroxyl groups is 1. The number of hydrogen-bond acceptors (Lipinski definition) is 2. The summed E-state index contributed by atoms with van der Waals surface area (Å²) >= 11 is 0. The summed E-state index contributed by atoms with van der Waals surface area (Å²) in [4.78, 5) is 13.1. The lowest BCUT2D eigenvalue weighted by atomic mass is 9.44. The molecule has 3 aromatic rings. The lowest BCUT2D eigenvalue weighted by Crippen LogP contribution is -2.57. The molecule has 0 radical (unpaired) electrons. The van der Waals surface area contributed by atoms with E-state index in [2.05, 4.69) is 5.32 Å². The van der Waals surface area contributed by atoms with Gasteiger partial charge in [-0.15, -0.1) is 0 Å². The van der Waals surface area contributed by atoms with Gasteiger partial charge in [-0.05, 0) is 84.4 Å². The molecule has 3 aromatic carbocycles. The standard InChI is InChI=1S/C32H34F3NO2/c1-22-8-6-7-9-25(22)19-36-28(37)24-12-13-27-23(18-24)14-15-29(2)20-30(38,21-32(33,34)35)16-17-31(27,29)26-10-4-3-5-11-26/h3-13,18,38H,14-17,19-21H2,1-2H3,(H,36,37)/t29-,30-,31?/m1/s1. The fraction of sp³-hybridized carbons (Fsp3) is 0.406. The zero-order valence-corrected chi connectivity index (χ0v) is 21.9. The van der Waals surface area contributed by atoms with E-state index in [0.717, 1.165) is 27.8 Å². The maximum atomic E-state index is 13.4. The monoisotopic (exact) mass is 521 g/mol. The molecule has 0 aliphatic heterocycles. The Morgan fingerprint density at radius 3 is 2.39 bits per heavy atom. The third-order valence-electron chi connectivity index (χ3n) is 8.98. The smallest absolute Gasteiger partial charge is 0.390 e. The number of benzene rings is 3. The summed E-state index contributed by atoms with van der Waals surface area (Å²) in [5.74, 6) is -0.152. The number of amides is 1. The molecule has 0 aromatic heterocycles. The molecule has 2 N–H and O–H groups in total. The van der Waals surface area contributed by atoms with Crippen LogP contribution >= 0.6 is 0 Å². The lowest BCUT2D eigenvalue weighted by molar-refractivity contribution is -0.196. The molecule has 5 rings (SSSR count). The number of hydrogen-bond donors (Lipinski definition) is 2. The van der Waals surface area contributed by atoms with Crippen molar-refractivity contribution in [3.8, 4) is 0 Å². The first-order chi connectivity index (χ1) is 17.9. The van der Waals surface area contributed by atoms with Gasteiger partial charge in [-0.2, -0.15) is 13.2 Å². The Balaban J connectivity index is 1.50. The van der Waals surface area contributed by atoms with Crippen molar-refractivity contribution < 1.29 is 23.1 Å². The maximum absolute atomic E-state index is 13.4. The highest BCUT2D eigenvalue weighted by molar-refractivity contribution is 5.94. The Bertz CT molecular complexity index is 1340. The van der Waals surface area contributed by atoms with Gasteiger partial charge in [-0.25, -0.2) is 0 Å². The van der Waals surface area contributed by atoms with Gasteiger partial charge < -0.3 is 10.4 Å². The third-order valence-corrected chi connectivity index (χ3v) is 8.98. The van der Waals surface area contributed by atoms with Crippen molar-refractivity contribution in [3.05, 3.63) is 106 Å². The molecule has 0 bridgehead atoms. The van der Waals surface area contributed by atoms with Gasteiger partial charge in [0.25, 0.3) is 5.91 Å². The zero-order chi connectivity index (χ0) is 27.2. The number of carbonyl (C=O) groups excluding carboxylic acids is 1. The van der Waals surface area contributed by atoms with Gasteiger partial charge in [0, 0.05) is 17.5 Å². The van der Waals surface area contributed by atoms with Gasteiger partial charge in [0.05, 0.1) is 12.0 Å². The van der Waals surface area contributed by atoms with E-state index >= 15 is 0 Å². The van der Waals surface area contributed by atoms with Crippen molar-refractivity contribution in [2.75, 3.05) is 0 Å². The van der Waals surface area contributed by atoms with E-state index in [4.69, 9.17) is 0 Å². The normalized spacial score (nSPS) is 26.8. The second-order valence-electron chi connectivity index (χ2n) is 11.5. The number of fused-ring (bicyclic) bond motifs is 3. The van der Waals surface area contributed by atoms with Gasteiger partial charge in [-0.3, -0.25) is 4.79 Å². The highest BCUT2D eigenvalue weighted by Gasteiger charge is 2.60. The number of aryl methyl sites for hydroxylation is 2. The molecule has 2 aliphatic rings.